The fourth-order valence-electron chi connectivity index (χ4n) is 1.57. The largest absolute Gasteiger partial charge is 0.265 e. The van der Waals surface area contributed by atoms with Crippen molar-refractivity contribution in [2.75, 3.05) is 0 Å². The van der Waals surface area contributed by atoms with E-state index in [-0.39, 0.29) is 0 Å². The fraction of sp³-hybridized carbons (Fsp3) is 0.154. The van der Waals surface area contributed by atoms with Crippen LogP contribution in [0.4, 0.5) is 0 Å². The Balaban J connectivity index is 2.43. The predicted octanol–water partition coefficient (Wildman–Crippen LogP) is 3.80. The third kappa shape index (κ3) is 2.18. The molecule has 0 amide bonds. The van der Waals surface area contributed by atoms with Gasteiger partial charge in [-0.05, 0) is 41.3 Å². The van der Waals surface area contributed by atoms with Crippen LogP contribution >= 0.6 is 11.6 Å². The first-order chi connectivity index (χ1) is 7.31. The van der Waals surface area contributed by atoms with Crippen LogP contribution < -0.4 is 0 Å². The maximum atomic E-state index is 5.82. The summed E-state index contributed by atoms with van der Waals surface area (Å²) in [5.41, 5.74) is 4.83. The van der Waals surface area contributed by atoms with Crippen LogP contribution in [0.15, 0.2) is 42.7 Å². The van der Waals surface area contributed by atoms with Crippen LogP contribution in [0.3, 0.4) is 0 Å². The fourth-order valence-corrected chi connectivity index (χ4v) is 1.87. The predicted molar refractivity (Wildman–Crippen MR) is 64.0 cm³/mol. The smallest absolute Gasteiger partial charge is 0.0476 e. The number of alkyl halides is 1. The van der Waals surface area contributed by atoms with Crippen LogP contribution in [0, 0.1) is 6.92 Å². The molecule has 1 aromatic heterocycles. The lowest BCUT2D eigenvalue weighted by atomic mass is 10.0. The minimum absolute atomic E-state index is 0.572. The van der Waals surface area contributed by atoms with Gasteiger partial charge in [0.25, 0.3) is 0 Å². The zero-order valence-electron chi connectivity index (χ0n) is 8.57. The lowest BCUT2D eigenvalue weighted by Crippen LogP contribution is -1.86. The molecule has 0 spiro atoms. The summed E-state index contributed by atoms with van der Waals surface area (Å²) in [5, 5.41) is 0. The topological polar surface area (TPSA) is 12.9 Å². The van der Waals surface area contributed by atoms with Gasteiger partial charge in [-0.3, -0.25) is 4.98 Å². The van der Waals surface area contributed by atoms with Gasteiger partial charge in [0.2, 0.25) is 0 Å². The standard InChI is InChI=1S/C13H12ClN/c1-10-8-12(2-3-13(10)9-14)11-4-6-15-7-5-11/h2-8H,9H2,1H3. The van der Waals surface area contributed by atoms with Gasteiger partial charge in [0, 0.05) is 18.3 Å². The molecule has 15 heavy (non-hydrogen) atoms. The van der Waals surface area contributed by atoms with E-state index in [0.29, 0.717) is 5.88 Å². The van der Waals surface area contributed by atoms with Crippen LogP contribution in [0.2, 0.25) is 0 Å². The monoisotopic (exact) mass is 217 g/mol. The van der Waals surface area contributed by atoms with Gasteiger partial charge in [0.1, 0.15) is 0 Å². The van der Waals surface area contributed by atoms with Crippen LogP contribution in [-0.4, -0.2) is 4.98 Å². The Morgan fingerprint density at radius 1 is 1.07 bits per heavy atom. The quantitative estimate of drug-likeness (QED) is 0.698. The lowest BCUT2D eigenvalue weighted by molar-refractivity contribution is 1.29. The Hall–Kier alpha value is -1.34. The van der Waals surface area contributed by atoms with E-state index in [4.69, 9.17) is 11.6 Å². The second kappa shape index (κ2) is 4.45. The number of rotatable bonds is 2. The lowest BCUT2D eigenvalue weighted by Gasteiger charge is -2.06. The second-order valence-electron chi connectivity index (χ2n) is 3.51. The number of nitrogens with zero attached hydrogens (tertiary/aromatic N) is 1. The zero-order chi connectivity index (χ0) is 10.7. The minimum Gasteiger partial charge on any atom is -0.265 e. The van der Waals surface area contributed by atoms with Crippen LogP contribution in [0.25, 0.3) is 11.1 Å². The highest BCUT2D eigenvalue weighted by atomic mass is 35.5. The summed E-state index contributed by atoms with van der Waals surface area (Å²) < 4.78 is 0. The van der Waals surface area contributed by atoms with Gasteiger partial charge in [-0.25, -0.2) is 0 Å². The maximum Gasteiger partial charge on any atom is 0.0476 e. The molecule has 0 aliphatic rings. The van der Waals surface area contributed by atoms with Gasteiger partial charge in [-0.1, -0.05) is 18.2 Å². The summed E-state index contributed by atoms with van der Waals surface area (Å²) in [6, 6.07) is 10.4. The van der Waals surface area contributed by atoms with E-state index >= 15 is 0 Å². The molecule has 1 heterocycles. The number of pyridine rings is 1. The van der Waals surface area contributed by atoms with Gasteiger partial charge in [0.05, 0.1) is 0 Å². The van der Waals surface area contributed by atoms with Crippen molar-refractivity contribution in [3.05, 3.63) is 53.9 Å². The number of aromatic nitrogens is 1. The number of halogens is 1. The van der Waals surface area contributed by atoms with E-state index in [1.54, 1.807) is 12.4 Å². The van der Waals surface area contributed by atoms with Gasteiger partial charge in [-0.2, -0.15) is 0 Å². The van der Waals surface area contributed by atoms with Gasteiger partial charge in [-0.15, -0.1) is 11.6 Å². The summed E-state index contributed by atoms with van der Waals surface area (Å²) in [5.74, 6) is 0.572. The Kier molecular flexibility index (Phi) is 3.02. The normalized spacial score (nSPS) is 10.3. The van der Waals surface area contributed by atoms with E-state index < -0.39 is 0 Å². The van der Waals surface area contributed by atoms with E-state index in [2.05, 4.69) is 30.1 Å². The molecule has 0 fully saturated rings. The highest BCUT2D eigenvalue weighted by molar-refractivity contribution is 6.17. The third-order valence-corrected chi connectivity index (χ3v) is 2.79. The van der Waals surface area contributed by atoms with Crippen molar-refractivity contribution in [1.29, 1.82) is 0 Å². The van der Waals surface area contributed by atoms with Crippen LogP contribution in [0.5, 0.6) is 0 Å². The van der Waals surface area contributed by atoms with E-state index in [1.807, 2.05) is 12.1 Å². The van der Waals surface area contributed by atoms with E-state index in [9.17, 15) is 0 Å². The molecule has 0 aliphatic heterocycles. The summed E-state index contributed by atoms with van der Waals surface area (Å²) in [4.78, 5) is 4.01. The van der Waals surface area contributed by atoms with E-state index in [1.165, 1.54) is 22.3 Å². The molecule has 2 rings (SSSR count). The zero-order valence-corrected chi connectivity index (χ0v) is 9.33. The highest BCUT2D eigenvalue weighted by Gasteiger charge is 2.00. The highest BCUT2D eigenvalue weighted by Crippen LogP contribution is 2.22. The SMILES string of the molecule is Cc1cc(-c2ccncc2)ccc1CCl. The van der Waals surface area contributed by atoms with Crippen molar-refractivity contribution in [3.63, 3.8) is 0 Å². The molecule has 0 atom stereocenters. The Bertz CT molecular complexity index is 451. The first kappa shape index (κ1) is 10.2. The molecule has 0 saturated heterocycles. The summed E-state index contributed by atoms with van der Waals surface area (Å²) in [6.45, 7) is 2.09. The molecule has 0 unspecified atom stereocenters. The molecule has 0 N–H and O–H groups in total. The van der Waals surface area contributed by atoms with E-state index in [0.717, 1.165) is 0 Å². The average molecular weight is 218 g/mol. The Labute approximate surface area is 94.7 Å². The summed E-state index contributed by atoms with van der Waals surface area (Å²) in [7, 11) is 0. The molecule has 76 valence electrons. The molecule has 0 radical (unpaired) electrons. The number of aryl methyl sites for hydroxylation is 1. The van der Waals surface area contributed by atoms with Crippen LogP contribution in [-0.2, 0) is 5.88 Å². The third-order valence-electron chi connectivity index (χ3n) is 2.50. The number of hydrogen-bond donors (Lipinski definition) is 0. The van der Waals surface area contributed by atoms with Crippen molar-refractivity contribution in [2.24, 2.45) is 0 Å². The Morgan fingerprint density at radius 3 is 2.40 bits per heavy atom. The number of benzene rings is 1. The van der Waals surface area contributed by atoms with Crippen molar-refractivity contribution >= 4 is 11.6 Å². The molecule has 2 aromatic rings. The molecule has 0 bridgehead atoms. The van der Waals surface area contributed by atoms with Crippen LogP contribution in [0.1, 0.15) is 11.1 Å². The first-order valence-electron chi connectivity index (χ1n) is 4.87. The van der Waals surface area contributed by atoms with Crippen molar-refractivity contribution in [3.8, 4) is 11.1 Å². The van der Waals surface area contributed by atoms with Gasteiger partial charge in [0.15, 0.2) is 0 Å². The molecule has 1 nitrogen and oxygen atoms in total. The van der Waals surface area contributed by atoms with Crippen molar-refractivity contribution < 1.29 is 0 Å². The molecule has 2 heteroatoms. The first-order valence-corrected chi connectivity index (χ1v) is 5.40. The van der Waals surface area contributed by atoms with Gasteiger partial charge < -0.3 is 0 Å². The number of hydrogen-bond acceptors (Lipinski definition) is 1. The average Bonchev–Trinajstić information content (AvgIpc) is 2.30. The molecule has 1 aromatic carbocycles. The summed E-state index contributed by atoms with van der Waals surface area (Å²) >= 11 is 5.82. The second-order valence-corrected chi connectivity index (χ2v) is 3.78. The molecule has 0 saturated carbocycles. The van der Waals surface area contributed by atoms with Gasteiger partial charge >= 0.3 is 0 Å². The molecular weight excluding hydrogens is 206 g/mol. The molecular formula is C13H12ClN. The molecule has 0 aliphatic carbocycles. The Morgan fingerprint density at radius 2 is 1.80 bits per heavy atom. The summed E-state index contributed by atoms with van der Waals surface area (Å²) in [6.07, 6.45) is 3.61. The van der Waals surface area contributed by atoms with Crippen molar-refractivity contribution in [1.82, 2.24) is 4.98 Å². The van der Waals surface area contributed by atoms with Crippen molar-refractivity contribution in [2.45, 2.75) is 12.8 Å². The maximum absolute atomic E-state index is 5.82. The minimum atomic E-state index is 0.572.